The first-order valence-electron chi connectivity index (χ1n) is 10.7. The Morgan fingerprint density at radius 3 is 2.57 bits per heavy atom. The third-order valence-electron chi connectivity index (χ3n) is 5.53. The van der Waals surface area contributed by atoms with E-state index in [1.54, 1.807) is 36.4 Å². The Labute approximate surface area is 211 Å². The summed E-state index contributed by atoms with van der Waals surface area (Å²) in [6, 6.07) is 15.8. The highest BCUT2D eigenvalue weighted by atomic mass is 35.5. The van der Waals surface area contributed by atoms with Crippen LogP contribution in [0.15, 0.2) is 60.7 Å². The summed E-state index contributed by atoms with van der Waals surface area (Å²) in [5.41, 5.74) is 7.36. The Balaban J connectivity index is 1.34. The van der Waals surface area contributed by atoms with Crippen molar-refractivity contribution in [3.8, 4) is 11.5 Å². The number of hydrazine groups is 1. The highest BCUT2D eigenvalue weighted by Crippen LogP contribution is 2.32. The number of halogens is 3. The van der Waals surface area contributed by atoms with Crippen LogP contribution in [0, 0.1) is 11.7 Å². The number of hydrogen-bond acceptors (Lipinski definition) is 5. The number of methoxy groups -OCH3 is 1. The van der Waals surface area contributed by atoms with Crippen molar-refractivity contribution in [2.24, 2.45) is 5.92 Å². The summed E-state index contributed by atoms with van der Waals surface area (Å²) in [5, 5.41) is 1.04. The fourth-order valence-electron chi connectivity index (χ4n) is 3.65. The average Bonchev–Trinajstić information content (AvgIpc) is 3.24. The number of amides is 2. The van der Waals surface area contributed by atoms with Crippen molar-refractivity contribution < 1.29 is 23.5 Å². The van der Waals surface area contributed by atoms with Crippen LogP contribution in [-0.4, -0.2) is 25.5 Å². The molecule has 1 atom stereocenters. The second-order valence-electron chi connectivity index (χ2n) is 7.89. The van der Waals surface area contributed by atoms with E-state index >= 15 is 0 Å². The molecule has 3 aromatic carbocycles. The normalized spacial score (nSPS) is 15.1. The summed E-state index contributed by atoms with van der Waals surface area (Å²) in [5.74, 6) is -0.520. The molecule has 1 aliphatic rings. The fraction of sp³-hybridized carbons (Fsp3) is 0.200. The number of carbonyl (C=O) groups excluding carboxylic acids is 2. The first-order chi connectivity index (χ1) is 16.8. The van der Waals surface area contributed by atoms with E-state index in [0.29, 0.717) is 32.9 Å². The highest BCUT2D eigenvalue weighted by molar-refractivity contribution is 6.35. The number of ether oxygens (including phenoxy) is 2. The lowest BCUT2D eigenvalue weighted by atomic mass is 10.1. The molecular formula is C25H22Cl2FN3O4. The fourth-order valence-corrected chi connectivity index (χ4v) is 4.11. The topological polar surface area (TPSA) is 79.9 Å². The lowest BCUT2D eigenvalue weighted by Gasteiger charge is -2.17. The molecular weight excluding hydrogens is 496 g/mol. The molecule has 182 valence electrons. The van der Waals surface area contributed by atoms with E-state index in [4.69, 9.17) is 32.7 Å². The molecule has 3 aromatic rings. The van der Waals surface area contributed by atoms with E-state index in [-0.39, 0.29) is 37.2 Å². The molecule has 0 aliphatic carbocycles. The number of carbonyl (C=O) groups is 2. The second-order valence-corrected chi connectivity index (χ2v) is 8.73. The van der Waals surface area contributed by atoms with E-state index in [0.717, 1.165) is 5.56 Å². The SMILES string of the molecule is COc1cc(NNC(=O)[C@H]2CC(=O)N(c3ccc(F)cc3)C2)ccc1OCc1ccc(Cl)cc1Cl. The molecule has 10 heteroatoms. The third-order valence-corrected chi connectivity index (χ3v) is 6.11. The van der Waals surface area contributed by atoms with Crippen LogP contribution in [0.4, 0.5) is 15.8 Å². The summed E-state index contributed by atoms with van der Waals surface area (Å²) in [6.45, 7) is 0.428. The van der Waals surface area contributed by atoms with E-state index in [1.165, 1.54) is 36.3 Å². The molecule has 2 amide bonds. The Morgan fingerprint density at radius 1 is 1.09 bits per heavy atom. The van der Waals surface area contributed by atoms with Gasteiger partial charge in [0.2, 0.25) is 11.8 Å². The number of nitrogens with one attached hydrogen (secondary N) is 2. The first-order valence-corrected chi connectivity index (χ1v) is 11.5. The number of anilines is 2. The molecule has 0 spiro atoms. The van der Waals surface area contributed by atoms with Crippen LogP contribution in [0.1, 0.15) is 12.0 Å². The van der Waals surface area contributed by atoms with Crippen LogP contribution in [0.3, 0.4) is 0 Å². The zero-order chi connectivity index (χ0) is 24.9. The number of nitrogens with zero attached hydrogens (tertiary/aromatic N) is 1. The summed E-state index contributed by atoms with van der Waals surface area (Å²) in [4.78, 5) is 26.5. The molecule has 2 N–H and O–H groups in total. The van der Waals surface area contributed by atoms with E-state index < -0.39 is 5.92 Å². The molecule has 7 nitrogen and oxygen atoms in total. The summed E-state index contributed by atoms with van der Waals surface area (Å²) in [7, 11) is 1.51. The Bertz CT molecular complexity index is 1240. The van der Waals surface area contributed by atoms with Gasteiger partial charge in [0.15, 0.2) is 11.5 Å². The van der Waals surface area contributed by atoms with E-state index in [9.17, 15) is 14.0 Å². The molecule has 1 heterocycles. The molecule has 35 heavy (non-hydrogen) atoms. The van der Waals surface area contributed by atoms with Gasteiger partial charge in [-0.15, -0.1) is 0 Å². The van der Waals surface area contributed by atoms with Crippen molar-refractivity contribution >= 4 is 46.4 Å². The van der Waals surface area contributed by atoms with Crippen LogP contribution in [0.2, 0.25) is 10.0 Å². The summed E-state index contributed by atoms with van der Waals surface area (Å²) in [6.07, 6.45) is 0.0637. The van der Waals surface area contributed by atoms with Gasteiger partial charge in [0.25, 0.3) is 0 Å². The van der Waals surface area contributed by atoms with Gasteiger partial charge in [-0.2, -0.15) is 0 Å². The van der Waals surface area contributed by atoms with Crippen LogP contribution < -0.4 is 25.2 Å². The maximum Gasteiger partial charge on any atom is 0.243 e. The van der Waals surface area contributed by atoms with Gasteiger partial charge in [-0.25, -0.2) is 4.39 Å². The van der Waals surface area contributed by atoms with Gasteiger partial charge in [-0.3, -0.25) is 20.4 Å². The van der Waals surface area contributed by atoms with Crippen molar-refractivity contribution in [3.63, 3.8) is 0 Å². The highest BCUT2D eigenvalue weighted by Gasteiger charge is 2.35. The Hall–Kier alpha value is -3.49. The van der Waals surface area contributed by atoms with Crippen molar-refractivity contribution in [1.82, 2.24) is 5.43 Å². The van der Waals surface area contributed by atoms with Crippen LogP contribution in [-0.2, 0) is 16.2 Å². The monoisotopic (exact) mass is 517 g/mol. The molecule has 1 saturated heterocycles. The number of hydrogen-bond donors (Lipinski definition) is 2. The summed E-state index contributed by atoms with van der Waals surface area (Å²) >= 11 is 12.1. The zero-order valence-electron chi connectivity index (χ0n) is 18.7. The predicted molar refractivity (Wildman–Crippen MR) is 132 cm³/mol. The summed E-state index contributed by atoms with van der Waals surface area (Å²) < 4.78 is 24.4. The number of rotatable bonds is 8. The van der Waals surface area contributed by atoms with Crippen molar-refractivity contribution in [2.75, 3.05) is 24.0 Å². The molecule has 0 unspecified atom stereocenters. The van der Waals surface area contributed by atoms with Crippen molar-refractivity contribution in [1.29, 1.82) is 0 Å². The van der Waals surface area contributed by atoms with Crippen LogP contribution in [0.5, 0.6) is 11.5 Å². The van der Waals surface area contributed by atoms with Crippen LogP contribution >= 0.6 is 23.2 Å². The van der Waals surface area contributed by atoms with Gasteiger partial charge in [0.1, 0.15) is 12.4 Å². The van der Waals surface area contributed by atoms with Gasteiger partial charge in [0.05, 0.1) is 18.7 Å². The molecule has 0 radical (unpaired) electrons. The molecule has 4 rings (SSSR count). The second kappa shape index (κ2) is 10.8. The van der Waals surface area contributed by atoms with Gasteiger partial charge < -0.3 is 14.4 Å². The molecule has 1 aliphatic heterocycles. The molecule has 1 fully saturated rings. The Kier molecular flexibility index (Phi) is 7.63. The standard InChI is InChI=1S/C25H22Cl2FN3O4/c1-34-23-12-19(6-9-22(23)35-14-15-2-3-17(26)11-21(15)27)29-30-25(33)16-10-24(32)31(13-16)20-7-4-18(28)5-8-20/h2-9,11-12,16,29H,10,13-14H2,1H3,(H,30,33)/t16-/m0/s1. The van der Waals surface area contributed by atoms with Gasteiger partial charge >= 0.3 is 0 Å². The zero-order valence-corrected chi connectivity index (χ0v) is 20.2. The lowest BCUT2D eigenvalue weighted by molar-refractivity contribution is -0.125. The smallest absolute Gasteiger partial charge is 0.243 e. The largest absolute Gasteiger partial charge is 0.493 e. The van der Waals surface area contributed by atoms with Crippen LogP contribution in [0.25, 0.3) is 0 Å². The van der Waals surface area contributed by atoms with E-state index in [2.05, 4.69) is 10.9 Å². The van der Waals surface area contributed by atoms with E-state index in [1.807, 2.05) is 0 Å². The van der Waals surface area contributed by atoms with Gasteiger partial charge in [-0.05, 0) is 48.5 Å². The number of benzene rings is 3. The average molecular weight is 518 g/mol. The predicted octanol–water partition coefficient (Wildman–Crippen LogP) is 5.22. The minimum atomic E-state index is -0.548. The lowest BCUT2D eigenvalue weighted by Crippen LogP contribution is -2.36. The first kappa shape index (κ1) is 24.6. The minimum absolute atomic E-state index is 0.0637. The van der Waals surface area contributed by atoms with Gasteiger partial charge in [0, 0.05) is 40.3 Å². The van der Waals surface area contributed by atoms with Crippen molar-refractivity contribution in [2.45, 2.75) is 13.0 Å². The van der Waals surface area contributed by atoms with Gasteiger partial charge in [-0.1, -0.05) is 29.3 Å². The molecule has 0 saturated carbocycles. The minimum Gasteiger partial charge on any atom is -0.493 e. The molecule has 0 aromatic heterocycles. The Morgan fingerprint density at radius 2 is 1.86 bits per heavy atom. The molecule has 0 bridgehead atoms. The maximum atomic E-state index is 13.2. The quantitative estimate of drug-likeness (QED) is 0.400. The third kappa shape index (κ3) is 5.96. The maximum absolute atomic E-state index is 13.2. The van der Waals surface area contributed by atoms with Crippen molar-refractivity contribution in [3.05, 3.63) is 82.1 Å².